The summed E-state index contributed by atoms with van der Waals surface area (Å²) in [6, 6.07) is 5.28. The fraction of sp³-hybridized carbons (Fsp3) is 0.529. The number of hydrogen-bond donors (Lipinski definition) is 1. The highest BCUT2D eigenvalue weighted by Crippen LogP contribution is 2.23. The molecule has 2 fully saturated rings. The number of nitrogens with one attached hydrogen (secondary N) is 1. The van der Waals surface area contributed by atoms with E-state index in [1.807, 2.05) is 0 Å². The number of carbonyl (C=O) groups excluding carboxylic acids is 2. The highest BCUT2D eigenvalue weighted by atomic mass is 32.2. The Morgan fingerprint density at radius 2 is 1.81 bits per heavy atom. The molecule has 2 saturated heterocycles. The van der Waals surface area contributed by atoms with Gasteiger partial charge in [-0.25, -0.2) is 8.42 Å². The topological polar surface area (TPSA) is 96.0 Å². The molecule has 8 nitrogen and oxygen atoms in total. The van der Waals surface area contributed by atoms with Crippen LogP contribution in [0.4, 0.5) is 5.69 Å². The zero-order chi connectivity index (χ0) is 18.7. The van der Waals surface area contributed by atoms with Gasteiger partial charge in [-0.2, -0.15) is 4.72 Å². The fourth-order valence-corrected chi connectivity index (χ4v) is 4.33. The van der Waals surface area contributed by atoms with Crippen molar-refractivity contribution in [3.63, 3.8) is 0 Å². The Bertz CT molecular complexity index is 772. The lowest BCUT2D eigenvalue weighted by molar-refractivity contribution is -0.136. The number of benzene rings is 1. The van der Waals surface area contributed by atoms with Gasteiger partial charge in [0.1, 0.15) is 0 Å². The van der Waals surface area contributed by atoms with Crippen LogP contribution in [0.15, 0.2) is 29.2 Å². The first-order valence-electron chi connectivity index (χ1n) is 8.68. The predicted octanol–water partition coefficient (Wildman–Crippen LogP) is 0.339. The lowest BCUT2D eigenvalue weighted by Crippen LogP contribution is -2.50. The molecule has 0 bridgehead atoms. The van der Waals surface area contributed by atoms with Gasteiger partial charge in [-0.3, -0.25) is 9.59 Å². The lowest BCUT2D eigenvalue weighted by Gasteiger charge is -2.29. The van der Waals surface area contributed by atoms with Crippen LogP contribution in [0.3, 0.4) is 0 Å². The third-order valence-corrected chi connectivity index (χ3v) is 6.11. The average molecular weight is 381 g/mol. The first-order valence-corrected chi connectivity index (χ1v) is 10.2. The summed E-state index contributed by atoms with van der Waals surface area (Å²) in [5, 5.41) is 0. The summed E-state index contributed by atoms with van der Waals surface area (Å²) in [5.74, 6) is -0.223. The van der Waals surface area contributed by atoms with Crippen molar-refractivity contribution in [1.82, 2.24) is 9.62 Å². The van der Waals surface area contributed by atoms with Gasteiger partial charge >= 0.3 is 0 Å². The van der Waals surface area contributed by atoms with Crippen molar-refractivity contribution in [3.05, 3.63) is 24.3 Å². The van der Waals surface area contributed by atoms with Gasteiger partial charge in [0.15, 0.2) is 0 Å². The predicted molar refractivity (Wildman–Crippen MR) is 95.2 cm³/mol. The molecule has 2 aliphatic heterocycles. The monoisotopic (exact) mass is 381 g/mol. The molecule has 2 heterocycles. The van der Waals surface area contributed by atoms with Crippen LogP contribution in [-0.4, -0.2) is 64.0 Å². The van der Waals surface area contributed by atoms with Crippen molar-refractivity contribution < 1.29 is 22.7 Å². The maximum absolute atomic E-state index is 12.5. The Labute approximate surface area is 153 Å². The fourth-order valence-electron chi connectivity index (χ4n) is 3.14. The van der Waals surface area contributed by atoms with Crippen LogP contribution >= 0.6 is 0 Å². The molecule has 9 heteroatoms. The molecular weight excluding hydrogens is 358 g/mol. The lowest BCUT2D eigenvalue weighted by atomic mass is 10.3. The summed E-state index contributed by atoms with van der Waals surface area (Å²) in [6.45, 7) is 4.03. The quantitative estimate of drug-likeness (QED) is 0.793. The normalized spacial score (nSPS) is 19.7. The van der Waals surface area contributed by atoms with Gasteiger partial charge in [0.2, 0.25) is 21.8 Å². The minimum Gasteiger partial charge on any atom is -0.378 e. The van der Waals surface area contributed by atoms with Crippen LogP contribution in [0.2, 0.25) is 0 Å². The van der Waals surface area contributed by atoms with Gasteiger partial charge in [-0.15, -0.1) is 0 Å². The number of sulfonamides is 1. The highest BCUT2D eigenvalue weighted by molar-refractivity contribution is 7.89. The maximum Gasteiger partial charge on any atom is 0.241 e. The first-order chi connectivity index (χ1) is 12.4. The molecule has 0 radical (unpaired) electrons. The molecule has 1 aromatic rings. The smallest absolute Gasteiger partial charge is 0.241 e. The van der Waals surface area contributed by atoms with Gasteiger partial charge in [0.25, 0.3) is 0 Å². The molecule has 0 spiro atoms. The van der Waals surface area contributed by atoms with E-state index in [1.54, 1.807) is 21.9 Å². The maximum atomic E-state index is 12.5. The number of hydrogen-bond acceptors (Lipinski definition) is 5. The van der Waals surface area contributed by atoms with Crippen molar-refractivity contribution in [2.45, 2.75) is 30.7 Å². The first kappa shape index (κ1) is 18.8. The number of morpholine rings is 1. The van der Waals surface area contributed by atoms with Gasteiger partial charge < -0.3 is 14.5 Å². The van der Waals surface area contributed by atoms with Crippen molar-refractivity contribution >= 4 is 27.5 Å². The number of amides is 2. The molecule has 2 aliphatic rings. The standard InChI is InChI=1S/C17H23N3O5S/c1-13(17(22)19-9-11-25-12-10-19)18-26(23,24)15-6-4-14(5-7-15)20-8-2-3-16(20)21/h4-7,13,18H,2-3,8-12H2,1H3/t13-/m1/s1. The van der Waals surface area contributed by atoms with Crippen molar-refractivity contribution in [3.8, 4) is 0 Å². The average Bonchev–Trinajstić information content (AvgIpc) is 3.07. The summed E-state index contributed by atoms with van der Waals surface area (Å²) >= 11 is 0. The summed E-state index contributed by atoms with van der Waals surface area (Å²) in [6.07, 6.45) is 1.32. The molecule has 0 aliphatic carbocycles. The zero-order valence-corrected chi connectivity index (χ0v) is 15.5. The van der Waals surface area contributed by atoms with Crippen LogP contribution in [0.5, 0.6) is 0 Å². The summed E-state index contributed by atoms with van der Waals surface area (Å²) in [7, 11) is -3.83. The summed E-state index contributed by atoms with van der Waals surface area (Å²) in [4.78, 5) is 27.4. The van der Waals surface area contributed by atoms with Crippen LogP contribution in [0.25, 0.3) is 0 Å². The number of nitrogens with zero attached hydrogens (tertiary/aromatic N) is 2. The third-order valence-electron chi connectivity index (χ3n) is 4.56. The van der Waals surface area contributed by atoms with E-state index in [2.05, 4.69) is 4.72 Å². The van der Waals surface area contributed by atoms with E-state index < -0.39 is 16.1 Å². The molecular formula is C17H23N3O5S. The minimum absolute atomic E-state index is 0.0449. The van der Waals surface area contributed by atoms with Gasteiger partial charge in [-0.05, 0) is 37.6 Å². The molecule has 0 aromatic heterocycles. The molecule has 142 valence electrons. The second-order valence-corrected chi connectivity index (χ2v) is 8.14. The van der Waals surface area contributed by atoms with Crippen molar-refractivity contribution in [1.29, 1.82) is 0 Å². The van der Waals surface area contributed by atoms with Crippen molar-refractivity contribution in [2.24, 2.45) is 0 Å². The third kappa shape index (κ3) is 4.05. The second-order valence-electron chi connectivity index (χ2n) is 6.42. The van der Waals surface area contributed by atoms with E-state index in [0.717, 1.165) is 6.42 Å². The van der Waals surface area contributed by atoms with E-state index in [9.17, 15) is 18.0 Å². The second kappa shape index (κ2) is 7.73. The van der Waals surface area contributed by atoms with E-state index >= 15 is 0 Å². The number of anilines is 1. The Morgan fingerprint density at radius 3 is 2.38 bits per heavy atom. The minimum atomic E-state index is -3.83. The van der Waals surface area contributed by atoms with E-state index in [0.29, 0.717) is 45.0 Å². The molecule has 1 N–H and O–H groups in total. The van der Waals surface area contributed by atoms with Crippen LogP contribution < -0.4 is 9.62 Å². The molecule has 0 unspecified atom stereocenters. The highest BCUT2D eigenvalue weighted by Gasteiger charge is 2.27. The Balaban J connectivity index is 1.67. The summed E-state index contributed by atoms with van der Waals surface area (Å²) in [5.41, 5.74) is 0.684. The zero-order valence-electron chi connectivity index (χ0n) is 14.7. The van der Waals surface area contributed by atoms with Gasteiger partial charge in [-0.1, -0.05) is 0 Å². The van der Waals surface area contributed by atoms with E-state index in [1.165, 1.54) is 19.1 Å². The van der Waals surface area contributed by atoms with Gasteiger partial charge in [0.05, 0.1) is 24.2 Å². The number of rotatable bonds is 5. The van der Waals surface area contributed by atoms with Crippen LogP contribution in [0.1, 0.15) is 19.8 Å². The van der Waals surface area contributed by atoms with E-state index in [-0.39, 0.29) is 16.7 Å². The Morgan fingerprint density at radius 1 is 1.15 bits per heavy atom. The van der Waals surface area contributed by atoms with Crippen molar-refractivity contribution in [2.75, 3.05) is 37.7 Å². The number of ether oxygens (including phenoxy) is 1. The number of carbonyl (C=O) groups is 2. The summed E-state index contributed by atoms with van der Waals surface area (Å²) < 4.78 is 32.7. The SMILES string of the molecule is C[C@@H](NS(=O)(=O)c1ccc(N2CCCC2=O)cc1)C(=O)N1CCOCC1. The Kier molecular flexibility index (Phi) is 5.59. The molecule has 0 saturated carbocycles. The van der Waals surface area contributed by atoms with Crippen LogP contribution in [-0.2, 0) is 24.3 Å². The largest absolute Gasteiger partial charge is 0.378 e. The molecule has 26 heavy (non-hydrogen) atoms. The van der Waals surface area contributed by atoms with Gasteiger partial charge in [0, 0.05) is 31.7 Å². The molecule has 3 rings (SSSR count). The molecule has 2 amide bonds. The molecule has 1 aromatic carbocycles. The van der Waals surface area contributed by atoms with E-state index in [4.69, 9.17) is 4.74 Å². The Hall–Kier alpha value is -1.97. The van der Waals surface area contributed by atoms with Crippen LogP contribution in [0, 0.1) is 0 Å². The molecule has 1 atom stereocenters.